The highest BCUT2D eigenvalue weighted by Crippen LogP contribution is 2.27. The van der Waals surface area contributed by atoms with Gasteiger partial charge >= 0.3 is 0 Å². The van der Waals surface area contributed by atoms with E-state index in [-0.39, 0.29) is 9.90 Å². The summed E-state index contributed by atoms with van der Waals surface area (Å²) in [4.78, 5) is 12.5. The Morgan fingerprint density at radius 2 is 1.85 bits per heavy atom. The van der Waals surface area contributed by atoms with E-state index >= 15 is 0 Å². The summed E-state index contributed by atoms with van der Waals surface area (Å²) in [5, 5.41) is 4.30. The van der Waals surface area contributed by atoms with Crippen LogP contribution in [0.4, 0.5) is 15.8 Å². The number of benzene rings is 2. The molecule has 27 heavy (non-hydrogen) atoms. The summed E-state index contributed by atoms with van der Waals surface area (Å²) in [6.07, 6.45) is 0. The lowest BCUT2D eigenvalue weighted by Crippen LogP contribution is -2.37. The number of hydrogen-bond acceptors (Lipinski definition) is 4. The van der Waals surface area contributed by atoms with Gasteiger partial charge in [-0.25, -0.2) is 12.8 Å². The molecule has 9 heteroatoms. The molecule has 0 aliphatic rings. The van der Waals surface area contributed by atoms with Gasteiger partial charge in [-0.15, -0.1) is 11.3 Å². The molecule has 0 fully saturated rings. The minimum Gasteiger partial charge on any atom is -0.324 e. The number of rotatable bonds is 6. The molecular weight excluding hydrogens is 455 g/mol. The largest absolute Gasteiger partial charge is 0.324 e. The van der Waals surface area contributed by atoms with Crippen molar-refractivity contribution < 1.29 is 17.6 Å². The van der Waals surface area contributed by atoms with Crippen LogP contribution >= 0.6 is 27.3 Å². The van der Waals surface area contributed by atoms with Gasteiger partial charge in [0.1, 0.15) is 16.6 Å². The Balaban J connectivity index is 1.90. The highest BCUT2D eigenvalue weighted by Gasteiger charge is 2.28. The molecular formula is C18H14BrFN2O3S2. The van der Waals surface area contributed by atoms with E-state index in [0.717, 1.165) is 32.2 Å². The van der Waals surface area contributed by atoms with Gasteiger partial charge in [0.25, 0.3) is 10.0 Å². The van der Waals surface area contributed by atoms with E-state index in [1.165, 1.54) is 18.2 Å². The molecule has 0 spiro atoms. The topological polar surface area (TPSA) is 66.5 Å². The molecule has 3 rings (SSSR count). The summed E-state index contributed by atoms with van der Waals surface area (Å²) >= 11 is 4.36. The van der Waals surface area contributed by atoms with Crippen LogP contribution in [0, 0.1) is 5.82 Å². The van der Waals surface area contributed by atoms with Gasteiger partial charge in [-0.1, -0.05) is 28.1 Å². The van der Waals surface area contributed by atoms with Crippen molar-refractivity contribution in [3.63, 3.8) is 0 Å². The Bertz CT molecular complexity index is 1040. The Morgan fingerprint density at radius 3 is 2.48 bits per heavy atom. The molecule has 1 heterocycles. The summed E-state index contributed by atoms with van der Waals surface area (Å²) in [7, 11) is -3.96. The first-order valence-electron chi connectivity index (χ1n) is 7.73. The molecule has 0 aliphatic carbocycles. The van der Waals surface area contributed by atoms with E-state index in [4.69, 9.17) is 0 Å². The Hall–Kier alpha value is -2.23. The fourth-order valence-corrected chi connectivity index (χ4v) is 5.26. The van der Waals surface area contributed by atoms with Gasteiger partial charge in [0.15, 0.2) is 0 Å². The van der Waals surface area contributed by atoms with Gasteiger partial charge in [0, 0.05) is 10.2 Å². The molecule has 1 N–H and O–H groups in total. The first-order valence-corrected chi connectivity index (χ1v) is 10.8. The number of amides is 1. The predicted octanol–water partition coefficient (Wildman–Crippen LogP) is 4.48. The van der Waals surface area contributed by atoms with Gasteiger partial charge in [-0.05, 0) is 53.9 Å². The van der Waals surface area contributed by atoms with Crippen LogP contribution in [-0.2, 0) is 14.8 Å². The summed E-state index contributed by atoms with van der Waals surface area (Å²) in [6, 6.07) is 15.0. The molecule has 0 bridgehead atoms. The average Bonchev–Trinajstić information content (AvgIpc) is 3.16. The summed E-state index contributed by atoms with van der Waals surface area (Å²) in [5.74, 6) is -1.01. The average molecular weight is 469 g/mol. The van der Waals surface area contributed by atoms with Gasteiger partial charge in [-0.2, -0.15) is 0 Å². The lowest BCUT2D eigenvalue weighted by atomic mass is 10.3. The van der Waals surface area contributed by atoms with Gasteiger partial charge in [0.2, 0.25) is 5.91 Å². The Morgan fingerprint density at radius 1 is 1.11 bits per heavy atom. The van der Waals surface area contributed by atoms with E-state index in [0.29, 0.717) is 5.69 Å². The van der Waals surface area contributed by atoms with Crippen molar-refractivity contribution in [2.24, 2.45) is 0 Å². The van der Waals surface area contributed by atoms with E-state index in [1.54, 1.807) is 29.6 Å². The van der Waals surface area contributed by atoms with Crippen molar-refractivity contribution in [2.45, 2.75) is 4.21 Å². The molecule has 0 atom stereocenters. The van der Waals surface area contributed by atoms with Crippen molar-refractivity contribution >= 4 is 54.6 Å². The number of carbonyl (C=O) groups excluding carboxylic acids is 1. The normalized spacial score (nSPS) is 11.2. The second-order valence-electron chi connectivity index (χ2n) is 5.48. The molecule has 2 aromatic carbocycles. The second kappa shape index (κ2) is 8.20. The number of carbonyl (C=O) groups is 1. The third-order valence-corrected chi connectivity index (χ3v) is 7.19. The molecule has 0 saturated heterocycles. The minimum absolute atomic E-state index is 0.0991. The first kappa shape index (κ1) is 19.5. The van der Waals surface area contributed by atoms with Gasteiger partial charge in [0.05, 0.1) is 5.69 Å². The number of hydrogen-bond donors (Lipinski definition) is 1. The number of thiophene rings is 1. The quantitative estimate of drug-likeness (QED) is 0.579. The second-order valence-corrected chi connectivity index (χ2v) is 9.43. The standard InChI is InChI=1S/C18H14BrFN2O3S2/c19-13-3-1-4-15(11-13)21-17(23)12-22(16-8-6-14(20)7-9-16)27(24,25)18-5-2-10-26-18/h1-11H,12H2,(H,21,23). The van der Waals surface area contributed by atoms with Crippen LogP contribution in [0.5, 0.6) is 0 Å². The van der Waals surface area contributed by atoms with Crippen LogP contribution in [0.1, 0.15) is 0 Å². The monoisotopic (exact) mass is 468 g/mol. The van der Waals surface area contributed by atoms with Crippen LogP contribution < -0.4 is 9.62 Å². The van der Waals surface area contributed by atoms with E-state index in [2.05, 4.69) is 21.2 Å². The molecule has 0 radical (unpaired) electrons. The first-order chi connectivity index (χ1) is 12.9. The van der Waals surface area contributed by atoms with Gasteiger partial charge in [-0.3, -0.25) is 9.10 Å². The number of sulfonamides is 1. The van der Waals surface area contributed by atoms with Crippen molar-refractivity contribution in [1.29, 1.82) is 0 Å². The summed E-state index contributed by atoms with van der Waals surface area (Å²) < 4.78 is 41.1. The molecule has 0 aliphatic heterocycles. The molecule has 3 aromatic rings. The van der Waals surface area contributed by atoms with E-state index in [1.807, 2.05) is 6.07 Å². The Kier molecular flexibility index (Phi) is 5.93. The van der Waals surface area contributed by atoms with Crippen molar-refractivity contribution in [3.05, 3.63) is 76.3 Å². The highest BCUT2D eigenvalue weighted by atomic mass is 79.9. The minimum atomic E-state index is -3.96. The van der Waals surface area contributed by atoms with Gasteiger partial charge < -0.3 is 5.32 Å². The maximum absolute atomic E-state index is 13.3. The van der Waals surface area contributed by atoms with Crippen LogP contribution in [-0.4, -0.2) is 20.9 Å². The van der Waals surface area contributed by atoms with Crippen molar-refractivity contribution in [2.75, 3.05) is 16.2 Å². The predicted molar refractivity (Wildman–Crippen MR) is 108 cm³/mol. The molecule has 1 amide bonds. The lowest BCUT2D eigenvalue weighted by molar-refractivity contribution is -0.114. The lowest BCUT2D eigenvalue weighted by Gasteiger charge is -2.23. The third-order valence-electron chi connectivity index (χ3n) is 3.55. The van der Waals surface area contributed by atoms with Crippen molar-refractivity contribution in [1.82, 2.24) is 0 Å². The smallest absolute Gasteiger partial charge is 0.274 e. The zero-order chi connectivity index (χ0) is 19.4. The highest BCUT2D eigenvalue weighted by molar-refractivity contribution is 9.10. The zero-order valence-electron chi connectivity index (χ0n) is 13.8. The summed E-state index contributed by atoms with van der Waals surface area (Å²) in [5.41, 5.74) is 0.733. The van der Waals surface area contributed by atoms with Crippen LogP contribution in [0.25, 0.3) is 0 Å². The zero-order valence-corrected chi connectivity index (χ0v) is 17.0. The molecule has 0 saturated carbocycles. The van der Waals surface area contributed by atoms with E-state index in [9.17, 15) is 17.6 Å². The maximum atomic E-state index is 13.3. The summed E-state index contributed by atoms with van der Waals surface area (Å²) in [6.45, 7) is -0.446. The number of nitrogens with zero attached hydrogens (tertiary/aromatic N) is 1. The third kappa shape index (κ3) is 4.74. The van der Waals surface area contributed by atoms with Crippen LogP contribution in [0.2, 0.25) is 0 Å². The van der Waals surface area contributed by atoms with Crippen LogP contribution in [0.15, 0.2) is 74.7 Å². The van der Waals surface area contributed by atoms with Crippen molar-refractivity contribution in [3.8, 4) is 0 Å². The number of halogens is 2. The van der Waals surface area contributed by atoms with Crippen LogP contribution in [0.3, 0.4) is 0 Å². The SMILES string of the molecule is O=C(CN(c1ccc(F)cc1)S(=O)(=O)c1cccs1)Nc1cccc(Br)c1. The molecule has 0 unspecified atom stereocenters. The fourth-order valence-electron chi connectivity index (χ4n) is 2.34. The fraction of sp³-hybridized carbons (Fsp3) is 0.0556. The maximum Gasteiger partial charge on any atom is 0.274 e. The molecule has 1 aromatic heterocycles. The molecule has 140 valence electrons. The number of anilines is 2. The molecule has 5 nitrogen and oxygen atoms in total. The Labute approximate surface area is 168 Å². The van der Waals surface area contributed by atoms with E-state index < -0.39 is 28.3 Å². The number of nitrogens with one attached hydrogen (secondary N) is 1.